The molecule has 0 fully saturated rings. The minimum absolute atomic E-state index is 0.130. The van der Waals surface area contributed by atoms with E-state index < -0.39 is 5.97 Å². The third-order valence-corrected chi connectivity index (χ3v) is 4.27. The Morgan fingerprint density at radius 2 is 1.37 bits per heavy atom. The third-order valence-electron chi connectivity index (χ3n) is 4.27. The summed E-state index contributed by atoms with van der Waals surface area (Å²) in [6, 6.07) is 0. The molecule has 19 heavy (non-hydrogen) atoms. The fourth-order valence-corrected chi connectivity index (χ4v) is 2.61. The van der Waals surface area contributed by atoms with Crippen LogP contribution in [-0.2, 0) is 4.79 Å². The van der Waals surface area contributed by atoms with Crippen molar-refractivity contribution in [1.29, 1.82) is 0 Å². The van der Waals surface area contributed by atoms with E-state index in [1.54, 1.807) is 0 Å². The van der Waals surface area contributed by atoms with Gasteiger partial charge in [0.15, 0.2) is 0 Å². The summed E-state index contributed by atoms with van der Waals surface area (Å²) in [5, 5.41) is 9.20. The van der Waals surface area contributed by atoms with Crippen molar-refractivity contribution in [3.05, 3.63) is 0 Å². The monoisotopic (exact) mass is 270 g/mol. The molecule has 0 radical (unpaired) electrons. The van der Waals surface area contributed by atoms with Gasteiger partial charge in [-0.15, -0.1) is 0 Å². The quantitative estimate of drug-likeness (QED) is 0.439. The molecule has 0 bridgehead atoms. The van der Waals surface area contributed by atoms with Crippen LogP contribution in [0.15, 0.2) is 0 Å². The number of rotatable bonds is 13. The summed E-state index contributed by atoms with van der Waals surface area (Å²) in [5.41, 5.74) is 0. The van der Waals surface area contributed by atoms with Crippen molar-refractivity contribution in [2.24, 2.45) is 11.8 Å². The zero-order valence-corrected chi connectivity index (χ0v) is 13.3. The summed E-state index contributed by atoms with van der Waals surface area (Å²) in [6.07, 6.45) is 13.5. The predicted molar refractivity (Wildman–Crippen MR) is 82.4 cm³/mol. The lowest BCUT2D eigenvalue weighted by Crippen LogP contribution is -2.21. The average Bonchev–Trinajstić information content (AvgIpc) is 2.40. The lowest BCUT2D eigenvalue weighted by atomic mass is 9.87. The minimum atomic E-state index is -0.603. The van der Waals surface area contributed by atoms with Gasteiger partial charge < -0.3 is 5.11 Å². The zero-order chi connectivity index (χ0) is 14.5. The standard InChI is InChI=1S/C17H34O2/c1-4-6-7-8-9-10-11-12-13-14-16(17(18)19)15(3)5-2/h15-16H,4-14H2,1-3H3,(H,18,19). The highest BCUT2D eigenvalue weighted by atomic mass is 16.4. The maximum atomic E-state index is 11.2. The Balaban J connectivity index is 3.48. The summed E-state index contributed by atoms with van der Waals surface area (Å²) in [6.45, 7) is 6.39. The first-order valence-corrected chi connectivity index (χ1v) is 8.36. The Hall–Kier alpha value is -0.530. The zero-order valence-electron chi connectivity index (χ0n) is 13.3. The van der Waals surface area contributed by atoms with Crippen LogP contribution in [0.1, 0.15) is 91.4 Å². The molecule has 0 aliphatic heterocycles. The Bertz CT molecular complexity index is 213. The van der Waals surface area contributed by atoms with Crippen molar-refractivity contribution in [2.75, 3.05) is 0 Å². The number of aliphatic carboxylic acids is 1. The summed E-state index contributed by atoms with van der Waals surface area (Å²) >= 11 is 0. The van der Waals surface area contributed by atoms with Crippen LogP contribution in [0, 0.1) is 11.8 Å². The molecule has 0 aliphatic rings. The van der Waals surface area contributed by atoms with Crippen molar-refractivity contribution in [2.45, 2.75) is 91.4 Å². The van der Waals surface area contributed by atoms with E-state index in [2.05, 4.69) is 20.8 Å². The summed E-state index contributed by atoms with van der Waals surface area (Å²) in [5.74, 6) is -0.421. The lowest BCUT2D eigenvalue weighted by Gasteiger charge is -2.18. The van der Waals surface area contributed by atoms with Crippen molar-refractivity contribution in [1.82, 2.24) is 0 Å². The fourth-order valence-electron chi connectivity index (χ4n) is 2.61. The number of carboxylic acids is 1. The summed E-state index contributed by atoms with van der Waals surface area (Å²) in [7, 11) is 0. The number of carbonyl (C=O) groups is 1. The fraction of sp³-hybridized carbons (Fsp3) is 0.941. The molecule has 2 heteroatoms. The van der Waals surface area contributed by atoms with Crippen LogP contribution >= 0.6 is 0 Å². The molecule has 2 nitrogen and oxygen atoms in total. The van der Waals surface area contributed by atoms with Gasteiger partial charge in [0.2, 0.25) is 0 Å². The second kappa shape index (κ2) is 12.5. The molecule has 0 aromatic rings. The largest absolute Gasteiger partial charge is 0.481 e. The van der Waals surface area contributed by atoms with Gasteiger partial charge in [-0.3, -0.25) is 4.79 Å². The molecule has 0 aromatic carbocycles. The number of carboxylic acid groups (broad SMARTS) is 1. The molecule has 0 saturated carbocycles. The van der Waals surface area contributed by atoms with Gasteiger partial charge >= 0.3 is 5.97 Å². The van der Waals surface area contributed by atoms with Crippen molar-refractivity contribution in [3.63, 3.8) is 0 Å². The van der Waals surface area contributed by atoms with Gasteiger partial charge in [-0.05, 0) is 12.3 Å². The van der Waals surface area contributed by atoms with Gasteiger partial charge in [-0.1, -0.05) is 85.0 Å². The first-order chi connectivity index (χ1) is 9.13. The van der Waals surface area contributed by atoms with Crippen LogP contribution in [0.5, 0.6) is 0 Å². The van der Waals surface area contributed by atoms with E-state index in [0.717, 1.165) is 19.3 Å². The van der Waals surface area contributed by atoms with E-state index in [4.69, 9.17) is 0 Å². The Morgan fingerprint density at radius 3 is 1.79 bits per heavy atom. The predicted octanol–water partition coefficient (Wildman–Crippen LogP) is 5.65. The van der Waals surface area contributed by atoms with Gasteiger partial charge in [0.05, 0.1) is 5.92 Å². The number of hydrogen-bond acceptors (Lipinski definition) is 1. The maximum absolute atomic E-state index is 11.2. The second-order valence-electron chi connectivity index (χ2n) is 5.95. The molecule has 0 spiro atoms. The molecule has 114 valence electrons. The van der Waals surface area contributed by atoms with E-state index >= 15 is 0 Å². The minimum Gasteiger partial charge on any atom is -0.481 e. The Labute approximate surface area is 120 Å². The van der Waals surface area contributed by atoms with Crippen LogP contribution in [0.4, 0.5) is 0 Å². The van der Waals surface area contributed by atoms with Gasteiger partial charge in [0.1, 0.15) is 0 Å². The highest BCUT2D eigenvalue weighted by molar-refractivity contribution is 5.70. The molecule has 0 rings (SSSR count). The van der Waals surface area contributed by atoms with Crippen LogP contribution in [0.2, 0.25) is 0 Å². The molecule has 2 unspecified atom stereocenters. The van der Waals surface area contributed by atoms with E-state index in [1.807, 2.05) is 0 Å². The molecule has 0 saturated heterocycles. The van der Waals surface area contributed by atoms with E-state index in [9.17, 15) is 9.90 Å². The first kappa shape index (κ1) is 18.5. The highest BCUT2D eigenvalue weighted by Gasteiger charge is 2.22. The lowest BCUT2D eigenvalue weighted by molar-refractivity contribution is -0.143. The highest BCUT2D eigenvalue weighted by Crippen LogP contribution is 2.22. The number of unbranched alkanes of at least 4 members (excludes halogenated alkanes) is 8. The molecule has 1 N–H and O–H groups in total. The summed E-state index contributed by atoms with van der Waals surface area (Å²) < 4.78 is 0. The third kappa shape index (κ3) is 9.98. The smallest absolute Gasteiger partial charge is 0.306 e. The first-order valence-electron chi connectivity index (χ1n) is 8.36. The molecule has 0 amide bonds. The molecular weight excluding hydrogens is 236 g/mol. The number of hydrogen-bond donors (Lipinski definition) is 1. The van der Waals surface area contributed by atoms with Crippen LogP contribution in [-0.4, -0.2) is 11.1 Å². The summed E-state index contributed by atoms with van der Waals surface area (Å²) in [4.78, 5) is 11.2. The normalized spacial score (nSPS) is 14.3. The van der Waals surface area contributed by atoms with Crippen molar-refractivity contribution in [3.8, 4) is 0 Å². The Morgan fingerprint density at radius 1 is 0.895 bits per heavy atom. The Kier molecular flexibility index (Phi) is 12.2. The molecule has 0 aromatic heterocycles. The van der Waals surface area contributed by atoms with Gasteiger partial charge in [-0.2, -0.15) is 0 Å². The molecular formula is C17H34O2. The average molecular weight is 270 g/mol. The maximum Gasteiger partial charge on any atom is 0.306 e. The van der Waals surface area contributed by atoms with Crippen LogP contribution < -0.4 is 0 Å². The van der Waals surface area contributed by atoms with Crippen LogP contribution in [0.25, 0.3) is 0 Å². The van der Waals surface area contributed by atoms with E-state index in [1.165, 1.54) is 51.4 Å². The van der Waals surface area contributed by atoms with Crippen molar-refractivity contribution >= 4 is 5.97 Å². The van der Waals surface area contributed by atoms with Gasteiger partial charge in [0.25, 0.3) is 0 Å². The van der Waals surface area contributed by atoms with E-state index in [0.29, 0.717) is 5.92 Å². The molecule has 2 atom stereocenters. The van der Waals surface area contributed by atoms with Gasteiger partial charge in [0, 0.05) is 0 Å². The second-order valence-corrected chi connectivity index (χ2v) is 5.95. The van der Waals surface area contributed by atoms with Crippen LogP contribution in [0.3, 0.4) is 0 Å². The van der Waals surface area contributed by atoms with Crippen molar-refractivity contribution < 1.29 is 9.90 Å². The molecule has 0 heterocycles. The van der Waals surface area contributed by atoms with Gasteiger partial charge in [-0.25, -0.2) is 0 Å². The molecule has 0 aliphatic carbocycles. The topological polar surface area (TPSA) is 37.3 Å². The van der Waals surface area contributed by atoms with E-state index in [-0.39, 0.29) is 5.92 Å². The SMILES string of the molecule is CCCCCCCCCCCC(C(=O)O)C(C)CC.